The Bertz CT molecular complexity index is 1040. The van der Waals surface area contributed by atoms with E-state index in [1.54, 1.807) is 0 Å². The van der Waals surface area contributed by atoms with Crippen LogP contribution in [0.4, 0.5) is 10.1 Å². The van der Waals surface area contributed by atoms with Crippen molar-refractivity contribution in [2.24, 2.45) is 0 Å². The number of halogens is 2. The first-order valence-electron chi connectivity index (χ1n) is 10.8. The van der Waals surface area contributed by atoms with Gasteiger partial charge in [-0.15, -0.1) is 17.5 Å². The van der Waals surface area contributed by atoms with E-state index in [9.17, 15) is 4.39 Å². The highest BCUT2D eigenvalue weighted by Crippen LogP contribution is 2.32. The Morgan fingerprint density at radius 2 is 1.59 bits per heavy atom. The molecule has 0 aliphatic carbocycles. The number of piperazine rings is 1. The van der Waals surface area contributed by atoms with E-state index in [2.05, 4.69) is 78.1 Å². The highest BCUT2D eigenvalue weighted by Gasteiger charge is 2.33. The highest BCUT2D eigenvalue weighted by molar-refractivity contribution is 5.85. The van der Waals surface area contributed by atoms with Crippen LogP contribution in [0.5, 0.6) is 0 Å². The van der Waals surface area contributed by atoms with Crippen LogP contribution in [0.25, 0.3) is 0 Å². The third kappa shape index (κ3) is 4.94. The molecule has 4 rings (SSSR count). The molecule has 1 fully saturated rings. The summed E-state index contributed by atoms with van der Waals surface area (Å²) in [5, 5.41) is 12.7. The average molecular weight is 459 g/mol. The second-order valence-corrected chi connectivity index (χ2v) is 9.39. The topological polar surface area (TPSA) is 50.1 Å². The van der Waals surface area contributed by atoms with E-state index < -0.39 is 0 Å². The number of nitrogens with zero attached hydrogens (tertiary/aromatic N) is 6. The minimum Gasteiger partial charge on any atom is -0.369 e. The van der Waals surface area contributed by atoms with E-state index in [-0.39, 0.29) is 29.8 Å². The number of rotatable bonds is 4. The zero-order valence-electron chi connectivity index (χ0n) is 19.4. The van der Waals surface area contributed by atoms with E-state index in [1.807, 2.05) is 16.8 Å². The van der Waals surface area contributed by atoms with Crippen molar-refractivity contribution in [3.8, 4) is 0 Å². The van der Waals surface area contributed by atoms with E-state index in [1.165, 1.54) is 28.9 Å². The summed E-state index contributed by atoms with van der Waals surface area (Å²) in [5.74, 6) is 0.553. The van der Waals surface area contributed by atoms with Crippen molar-refractivity contribution in [1.29, 1.82) is 0 Å². The molecular weight excluding hydrogens is 427 g/mol. The maximum absolute atomic E-state index is 13.6. The van der Waals surface area contributed by atoms with E-state index in [0.29, 0.717) is 0 Å². The van der Waals surface area contributed by atoms with Gasteiger partial charge in [0.2, 0.25) is 0 Å². The smallest absolute Gasteiger partial charge is 0.173 e. The second kappa shape index (κ2) is 9.55. The Kier molecular flexibility index (Phi) is 7.20. The fourth-order valence-corrected chi connectivity index (χ4v) is 4.29. The number of anilines is 1. The van der Waals surface area contributed by atoms with Crippen LogP contribution in [0.1, 0.15) is 49.3 Å². The second-order valence-electron chi connectivity index (χ2n) is 9.39. The molecule has 8 heteroatoms. The predicted molar refractivity (Wildman–Crippen MR) is 128 cm³/mol. The number of tetrazole rings is 1. The Labute approximate surface area is 195 Å². The summed E-state index contributed by atoms with van der Waals surface area (Å²) >= 11 is 0. The maximum atomic E-state index is 13.6. The molecule has 0 saturated carbocycles. The molecule has 3 aromatic rings. The quantitative estimate of drug-likeness (QED) is 0.575. The van der Waals surface area contributed by atoms with Crippen molar-refractivity contribution >= 4 is 18.1 Å². The van der Waals surface area contributed by atoms with Crippen molar-refractivity contribution < 1.29 is 4.39 Å². The molecule has 2 aromatic carbocycles. The molecule has 0 radical (unpaired) electrons. The van der Waals surface area contributed by atoms with Crippen LogP contribution in [0.15, 0.2) is 42.5 Å². The first-order valence-corrected chi connectivity index (χ1v) is 10.8. The van der Waals surface area contributed by atoms with Crippen molar-refractivity contribution in [3.05, 3.63) is 70.8 Å². The minimum atomic E-state index is -0.252. The number of aromatic nitrogens is 4. The first kappa shape index (κ1) is 24.1. The van der Waals surface area contributed by atoms with Crippen molar-refractivity contribution in [1.82, 2.24) is 25.1 Å². The molecule has 0 spiro atoms. The van der Waals surface area contributed by atoms with Crippen molar-refractivity contribution in [2.75, 3.05) is 31.1 Å². The van der Waals surface area contributed by atoms with Crippen LogP contribution < -0.4 is 4.90 Å². The van der Waals surface area contributed by atoms with Crippen molar-refractivity contribution in [3.63, 3.8) is 0 Å². The average Bonchev–Trinajstić information content (AvgIpc) is 3.22. The minimum absolute atomic E-state index is 0. The summed E-state index contributed by atoms with van der Waals surface area (Å²) in [6.07, 6.45) is 0. The van der Waals surface area contributed by atoms with Crippen LogP contribution in [0, 0.1) is 19.7 Å². The summed E-state index contributed by atoms with van der Waals surface area (Å²) in [6.45, 7) is 14.1. The highest BCUT2D eigenvalue weighted by atomic mass is 35.5. The normalized spacial score (nSPS) is 16.0. The predicted octanol–water partition coefficient (Wildman–Crippen LogP) is 4.52. The Balaban J connectivity index is 0.00000289. The summed E-state index contributed by atoms with van der Waals surface area (Å²) < 4.78 is 15.5. The van der Waals surface area contributed by atoms with Gasteiger partial charge < -0.3 is 4.90 Å². The van der Waals surface area contributed by atoms with Gasteiger partial charge in [-0.05, 0) is 79.9 Å². The van der Waals surface area contributed by atoms with Gasteiger partial charge in [-0.2, -0.15) is 0 Å². The Morgan fingerprint density at radius 3 is 2.22 bits per heavy atom. The molecule has 1 aliphatic heterocycles. The molecule has 0 bridgehead atoms. The zero-order chi connectivity index (χ0) is 22.2. The van der Waals surface area contributed by atoms with Crippen LogP contribution in [-0.4, -0.2) is 51.3 Å². The van der Waals surface area contributed by atoms with Crippen molar-refractivity contribution in [2.45, 2.75) is 46.2 Å². The fourth-order valence-electron chi connectivity index (χ4n) is 4.29. The monoisotopic (exact) mass is 458 g/mol. The summed E-state index contributed by atoms with van der Waals surface area (Å²) in [6, 6.07) is 13.2. The van der Waals surface area contributed by atoms with Crippen LogP contribution in [-0.2, 0) is 5.54 Å². The largest absolute Gasteiger partial charge is 0.369 e. The number of benzene rings is 2. The molecule has 2 heterocycles. The third-order valence-corrected chi connectivity index (χ3v) is 5.94. The molecule has 1 unspecified atom stereocenters. The first-order chi connectivity index (χ1) is 14.7. The lowest BCUT2D eigenvalue weighted by atomic mass is 10.0. The van der Waals surface area contributed by atoms with E-state index in [4.69, 9.17) is 0 Å². The lowest BCUT2D eigenvalue weighted by Gasteiger charge is -2.41. The van der Waals surface area contributed by atoms with Crippen LogP contribution in [0.3, 0.4) is 0 Å². The van der Waals surface area contributed by atoms with E-state index in [0.717, 1.165) is 37.6 Å². The summed E-state index contributed by atoms with van der Waals surface area (Å²) in [4.78, 5) is 4.86. The standard InChI is InChI=1S/C24H31FN6.ClH/c1-17-6-7-18(2)21(16-17)29-12-14-30(15-13-29)22(19-8-10-20(25)11-9-19)23-26-27-28-31(23)24(3,4)5;/h6-11,16,22H,12-15H2,1-5H3;1H. The van der Waals surface area contributed by atoms with Gasteiger partial charge in [-0.25, -0.2) is 9.07 Å². The van der Waals surface area contributed by atoms with Gasteiger partial charge in [0.05, 0.1) is 11.6 Å². The van der Waals surface area contributed by atoms with Gasteiger partial charge in [0.15, 0.2) is 5.82 Å². The Morgan fingerprint density at radius 1 is 0.938 bits per heavy atom. The molecular formula is C24H32ClFN6. The number of aryl methyl sites for hydroxylation is 2. The fraction of sp³-hybridized carbons (Fsp3) is 0.458. The number of hydrogen-bond donors (Lipinski definition) is 0. The van der Waals surface area contributed by atoms with E-state index >= 15 is 0 Å². The van der Waals surface area contributed by atoms with Gasteiger partial charge in [0.1, 0.15) is 5.82 Å². The van der Waals surface area contributed by atoms with Gasteiger partial charge in [0, 0.05) is 31.9 Å². The zero-order valence-corrected chi connectivity index (χ0v) is 20.2. The molecule has 1 aromatic heterocycles. The lowest BCUT2D eigenvalue weighted by molar-refractivity contribution is 0.191. The van der Waals surface area contributed by atoms with Crippen LogP contribution in [0.2, 0.25) is 0 Å². The van der Waals surface area contributed by atoms with Gasteiger partial charge in [0.25, 0.3) is 0 Å². The lowest BCUT2D eigenvalue weighted by Crippen LogP contribution is -2.49. The molecule has 32 heavy (non-hydrogen) atoms. The van der Waals surface area contributed by atoms with Gasteiger partial charge >= 0.3 is 0 Å². The molecule has 1 atom stereocenters. The molecule has 172 valence electrons. The van der Waals surface area contributed by atoms with Gasteiger partial charge in [-0.3, -0.25) is 4.90 Å². The summed E-state index contributed by atoms with van der Waals surface area (Å²) in [7, 11) is 0. The molecule has 0 amide bonds. The Hall–Kier alpha value is -2.51. The molecule has 1 aliphatic rings. The van der Waals surface area contributed by atoms with Crippen LogP contribution >= 0.6 is 12.4 Å². The summed E-state index contributed by atoms with van der Waals surface area (Å²) in [5.41, 5.74) is 4.62. The molecule has 6 nitrogen and oxygen atoms in total. The maximum Gasteiger partial charge on any atom is 0.173 e. The van der Waals surface area contributed by atoms with Gasteiger partial charge in [-0.1, -0.05) is 24.3 Å². The SMILES string of the molecule is Cc1ccc(C)c(N2CCN(C(c3ccc(F)cc3)c3nnnn3C(C)(C)C)CC2)c1.Cl. The molecule has 1 saturated heterocycles. The number of hydrogen-bond acceptors (Lipinski definition) is 5. The third-order valence-electron chi connectivity index (χ3n) is 5.94. The molecule has 0 N–H and O–H groups in total.